The molecule has 0 aromatic heterocycles. The molecule has 1 rings (SSSR count). The number of benzene rings is 1. The second-order valence-electron chi connectivity index (χ2n) is 3.05. The highest BCUT2D eigenvalue weighted by Gasteiger charge is 2.16. The summed E-state index contributed by atoms with van der Waals surface area (Å²) in [5, 5.41) is 10.6. The molecule has 0 fully saturated rings. The van der Waals surface area contributed by atoms with E-state index in [1.54, 1.807) is 6.92 Å². The number of hydrogen-bond donors (Lipinski definition) is 0. The van der Waals surface area contributed by atoms with Crippen molar-refractivity contribution in [2.45, 2.75) is 13.3 Å². The molecule has 0 saturated heterocycles. The number of halogens is 1. The molecule has 16 heavy (non-hydrogen) atoms. The molecule has 1 aromatic rings. The van der Waals surface area contributed by atoms with Gasteiger partial charge < -0.3 is 4.74 Å². The summed E-state index contributed by atoms with van der Waals surface area (Å²) in [5.41, 5.74) is -0.482. The second-order valence-corrected chi connectivity index (χ2v) is 3.05. The number of nitrogens with zero attached hydrogens (tertiary/aromatic N) is 1. The van der Waals surface area contributed by atoms with E-state index in [2.05, 4.69) is 0 Å². The van der Waals surface area contributed by atoms with E-state index in [4.69, 9.17) is 4.74 Å². The number of nitro benzene ring substituents is 1. The standard InChI is InChI=1S/C10H10FNO4/c1-2-8(13)6-16-10-4-3-7(11)5-9(10)12(14)15/h3-5H,2,6H2,1H3. The first-order valence-electron chi connectivity index (χ1n) is 4.63. The van der Waals surface area contributed by atoms with Crippen molar-refractivity contribution >= 4 is 11.5 Å². The minimum absolute atomic E-state index is 0.104. The van der Waals surface area contributed by atoms with Crippen molar-refractivity contribution in [2.24, 2.45) is 0 Å². The van der Waals surface area contributed by atoms with Crippen molar-refractivity contribution < 1.29 is 18.8 Å². The first-order valence-corrected chi connectivity index (χ1v) is 4.63. The highest BCUT2D eigenvalue weighted by molar-refractivity contribution is 5.79. The molecular weight excluding hydrogens is 217 g/mol. The van der Waals surface area contributed by atoms with Gasteiger partial charge in [-0.15, -0.1) is 0 Å². The Labute approximate surface area is 91.0 Å². The lowest BCUT2D eigenvalue weighted by atomic mass is 10.3. The summed E-state index contributed by atoms with van der Waals surface area (Å²) >= 11 is 0. The number of ketones is 1. The third-order valence-corrected chi connectivity index (χ3v) is 1.90. The molecule has 0 heterocycles. The number of Topliss-reactive ketones (excluding diaryl/α,β-unsaturated/α-hetero) is 1. The number of hydrogen-bond acceptors (Lipinski definition) is 4. The van der Waals surface area contributed by atoms with Crippen LogP contribution in [0.5, 0.6) is 5.75 Å². The average Bonchev–Trinajstić information content (AvgIpc) is 2.26. The second kappa shape index (κ2) is 5.20. The Bertz CT molecular complexity index is 419. The van der Waals surface area contributed by atoms with Crippen LogP contribution in [0.15, 0.2) is 18.2 Å². The van der Waals surface area contributed by atoms with Crippen LogP contribution in [-0.4, -0.2) is 17.3 Å². The van der Waals surface area contributed by atoms with E-state index in [0.29, 0.717) is 0 Å². The third-order valence-electron chi connectivity index (χ3n) is 1.90. The molecule has 0 atom stereocenters. The van der Waals surface area contributed by atoms with E-state index in [1.807, 2.05) is 0 Å². The predicted octanol–water partition coefficient (Wildman–Crippen LogP) is 2.09. The van der Waals surface area contributed by atoms with Gasteiger partial charge in [-0.2, -0.15) is 0 Å². The van der Waals surface area contributed by atoms with Crippen LogP contribution in [-0.2, 0) is 4.79 Å². The molecule has 0 aliphatic carbocycles. The molecule has 0 aliphatic heterocycles. The van der Waals surface area contributed by atoms with Crippen LogP contribution in [0.4, 0.5) is 10.1 Å². The van der Waals surface area contributed by atoms with Gasteiger partial charge in [-0.25, -0.2) is 4.39 Å². The van der Waals surface area contributed by atoms with Crippen LogP contribution in [0.2, 0.25) is 0 Å². The van der Waals surface area contributed by atoms with Gasteiger partial charge in [0, 0.05) is 6.42 Å². The highest BCUT2D eigenvalue weighted by Crippen LogP contribution is 2.27. The zero-order chi connectivity index (χ0) is 12.1. The molecule has 5 nitrogen and oxygen atoms in total. The van der Waals surface area contributed by atoms with E-state index in [1.165, 1.54) is 0 Å². The van der Waals surface area contributed by atoms with Gasteiger partial charge in [0.25, 0.3) is 0 Å². The Morgan fingerprint density at radius 3 is 2.81 bits per heavy atom. The van der Waals surface area contributed by atoms with Gasteiger partial charge in [0.05, 0.1) is 11.0 Å². The van der Waals surface area contributed by atoms with Crippen LogP contribution < -0.4 is 4.74 Å². The molecular formula is C10H10FNO4. The normalized spacial score (nSPS) is 9.88. The lowest BCUT2D eigenvalue weighted by Gasteiger charge is -2.04. The number of nitro groups is 1. The van der Waals surface area contributed by atoms with Crippen LogP contribution >= 0.6 is 0 Å². The van der Waals surface area contributed by atoms with Gasteiger partial charge in [0.1, 0.15) is 12.4 Å². The van der Waals surface area contributed by atoms with Crippen molar-refractivity contribution in [3.05, 3.63) is 34.1 Å². The summed E-state index contributed by atoms with van der Waals surface area (Å²) in [6.45, 7) is 1.41. The Balaban J connectivity index is 2.87. The van der Waals surface area contributed by atoms with Gasteiger partial charge in [0.2, 0.25) is 0 Å². The van der Waals surface area contributed by atoms with Gasteiger partial charge in [-0.3, -0.25) is 14.9 Å². The van der Waals surface area contributed by atoms with Crippen LogP contribution in [0, 0.1) is 15.9 Å². The van der Waals surface area contributed by atoms with E-state index in [-0.39, 0.29) is 24.6 Å². The summed E-state index contributed by atoms with van der Waals surface area (Å²) in [7, 11) is 0. The quantitative estimate of drug-likeness (QED) is 0.570. The zero-order valence-corrected chi connectivity index (χ0v) is 8.60. The average molecular weight is 227 g/mol. The lowest BCUT2D eigenvalue weighted by Crippen LogP contribution is -2.10. The van der Waals surface area contributed by atoms with Gasteiger partial charge in [-0.05, 0) is 12.1 Å². The maximum Gasteiger partial charge on any atom is 0.313 e. The van der Waals surface area contributed by atoms with E-state index in [9.17, 15) is 19.3 Å². The number of ether oxygens (including phenoxy) is 1. The van der Waals surface area contributed by atoms with Crippen molar-refractivity contribution in [3.8, 4) is 5.75 Å². The largest absolute Gasteiger partial charge is 0.479 e. The predicted molar refractivity (Wildman–Crippen MR) is 53.8 cm³/mol. The molecule has 0 unspecified atom stereocenters. The summed E-state index contributed by atoms with van der Waals surface area (Å²) in [5.74, 6) is -1.01. The van der Waals surface area contributed by atoms with Gasteiger partial charge in [0.15, 0.2) is 11.5 Å². The maximum atomic E-state index is 12.7. The number of carbonyl (C=O) groups is 1. The fourth-order valence-electron chi connectivity index (χ4n) is 1.02. The van der Waals surface area contributed by atoms with Crippen molar-refractivity contribution in [1.82, 2.24) is 0 Å². The summed E-state index contributed by atoms with van der Waals surface area (Å²) in [6.07, 6.45) is 0.287. The minimum atomic E-state index is -0.755. The molecule has 0 saturated carbocycles. The lowest BCUT2D eigenvalue weighted by molar-refractivity contribution is -0.386. The molecule has 0 bridgehead atoms. The Hall–Kier alpha value is -1.98. The fourth-order valence-corrected chi connectivity index (χ4v) is 1.02. The topological polar surface area (TPSA) is 69.4 Å². The SMILES string of the molecule is CCC(=O)COc1ccc(F)cc1[N+](=O)[O-]. The molecule has 0 amide bonds. The van der Waals surface area contributed by atoms with E-state index >= 15 is 0 Å². The number of carbonyl (C=O) groups excluding carboxylic acids is 1. The first kappa shape index (κ1) is 12.1. The third kappa shape index (κ3) is 3.01. The summed E-state index contributed by atoms with van der Waals surface area (Å²) in [4.78, 5) is 20.8. The molecule has 0 N–H and O–H groups in total. The van der Waals surface area contributed by atoms with Gasteiger partial charge in [-0.1, -0.05) is 6.92 Å². The van der Waals surface area contributed by atoms with E-state index < -0.39 is 16.4 Å². The van der Waals surface area contributed by atoms with Crippen molar-refractivity contribution in [1.29, 1.82) is 0 Å². The van der Waals surface area contributed by atoms with Crippen molar-refractivity contribution in [2.75, 3.05) is 6.61 Å². The molecule has 0 aliphatic rings. The Kier molecular flexibility index (Phi) is 3.93. The fraction of sp³-hybridized carbons (Fsp3) is 0.300. The monoisotopic (exact) mass is 227 g/mol. The van der Waals surface area contributed by atoms with Crippen LogP contribution in [0.1, 0.15) is 13.3 Å². The zero-order valence-electron chi connectivity index (χ0n) is 8.60. The van der Waals surface area contributed by atoms with Crippen LogP contribution in [0.3, 0.4) is 0 Å². The first-order chi connectivity index (χ1) is 7.54. The molecule has 6 heteroatoms. The molecule has 0 radical (unpaired) electrons. The smallest absolute Gasteiger partial charge is 0.313 e. The minimum Gasteiger partial charge on any atom is -0.479 e. The molecule has 0 spiro atoms. The van der Waals surface area contributed by atoms with Crippen LogP contribution in [0.25, 0.3) is 0 Å². The van der Waals surface area contributed by atoms with Gasteiger partial charge >= 0.3 is 5.69 Å². The Morgan fingerprint density at radius 1 is 1.56 bits per heavy atom. The number of rotatable bonds is 5. The van der Waals surface area contributed by atoms with E-state index in [0.717, 1.165) is 18.2 Å². The van der Waals surface area contributed by atoms with Crippen molar-refractivity contribution in [3.63, 3.8) is 0 Å². The maximum absolute atomic E-state index is 12.7. The highest BCUT2D eigenvalue weighted by atomic mass is 19.1. The molecule has 86 valence electrons. The summed E-state index contributed by atoms with van der Waals surface area (Å²) < 4.78 is 17.7. The Morgan fingerprint density at radius 2 is 2.25 bits per heavy atom. The summed E-state index contributed by atoms with van der Waals surface area (Å²) in [6, 6.07) is 2.93. The molecule has 1 aromatic carbocycles.